The third kappa shape index (κ3) is 4.19. The summed E-state index contributed by atoms with van der Waals surface area (Å²) in [6, 6.07) is 13.3. The molecule has 3 aromatic rings. The molecule has 35 heavy (non-hydrogen) atoms. The van der Waals surface area contributed by atoms with E-state index in [9.17, 15) is 5.26 Å². The first-order chi connectivity index (χ1) is 17.0. The van der Waals surface area contributed by atoms with Gasteiger partial charge in [-0.2, -0.15) is 5.26 Å². The van der Waals surface area contributed by atoms with E-state index in [1.54, 1.807) is 0 Å². The summed E-state index contributed by atoms with van der Waals surface area (Å²) in [5.74, 6) is 4.77. The number of rotatable bonds is 4. The first kappa shape index (κ1) is 23.1. The van der Waals surface area contributed by atoms with Crippen molar-refractivity contribution in [2.75, 3.05) is 0 Å². The van der Waals surface area contributed by atoms with Crippen molar-refractivity contribution < 1.29 is 0 Å². The molecular formula is C31H36ClN3. The molecule has 0 amide bonds. The summed E-state index contributed by atoms with van der Waals surface area (Å²) in [5, 5.41) is 10.7. The number of aromatic nitrogens is 2. The van der Waals surface area contributed by atoms with Gasteiger partial charge in [0.2, 0.25) is 0 Å². The van der Waals surface area contributed by atoms with Crippen LogP contribution in [0.2, 0.25) is 5.02 Å². The number of benzene rings is 1. The van der Waals surface area contributed by atoms with Gasteiger partial charge in [0, 0.05) is 11.3 Å². The summed E-state index contributed by atoms with van der Waals surface area (Å²) in [4.78, 5) is 8.49. The van der Waals surface area contributed by atoms with Crippen LogP contribution in [0.15, 0.2) is 30.3 Å². The lowest BCUT2D eigenvalue weighted by atomic mass is 9.79. The van der Waals surface area contributed by atoms with Gasteiger partial charge < -0.3 is 4.98 Å². The van der Waals surface area contributed by atoms with Gasteiger partial charge in [0.05, 0.1) is 21.8 Å². The fourth-order valence-corrected chi connectivity index (χ4v) is 7.91. The van der Waals surface area contributed by atoms with Crippen molar-refractivity contribution in [3.63, 3.8) is 0 Å². The molecule has 3 aliphatic carbocycles. The molecule has 3 saturated carbocycles. The molecule has 6 rings (SSSR count). The summed E-state index contributed by atoms with van der Waals surface area (Å²) in [7, 11) is 0. The van der Waals surface area contributed by atoms with E-state index in [0.29, 0.717) is 22.4 Å². The zero-order chi connectivity index (χ0) is 24.1. The number of nitrogens with one attached hydrogen (secondary N) is 1. The van der Waals surface area contributed by atoms with Crippen molar-refractivity contribution >= 4 is 22.6 Å². The fourth-order valence-electron chi connectivity index (χ4n) is 7.65. The van der Waals surface area contributed by atoms with Crippen LogP contribution >= 0.6 is 11.6 Å². The minimum absolute atomic E-state index is 0.638. The van der Waals surface area contributed by atoms with Crippen LogP contribution in [-0.4, -0.2) is 9.97 Å². The van der Waals surface area contributed by atoms with Gasteiger partial charge in [-0.15, -0.1) is 0 Å². The fraction of sp³-hybridized carbons (Fsp3) is 0.548. The van der Waals surface area contributed by atoms with Gasteiger partial charge in [-0.3, -0.25) is 0 Å². The predicted octanol–water partition coefficient (Wildman–Crippen LogP) is 8.66. The van der Waals surface area contributed by atoms with Gasteiger partial charge >= 0.3 is 0 Å². The highest BCUT2D eigenvalue weighted by atomic mass is 35.5. The lowest BCUT2D eigenvalue weighted by Gasteiger charge is -2.26. The minimum Gasteiger partial charge on any atom is -0.356 e. The van der Waals surface area contributed by atoms with Crippen LogP contribution in [0.25, 0.3) is 22.3 Å². The Bertz CT molecular complexity index is 1260. The van der Waals surface area contributed by atoms with Crippen molar-refractivity contribution in [1.29, 1.82) is 5.26 Å². The van der Waals surface area contributed by atoms with Crippen LogP contribution in [-0.2, 0) is 6.42 Å². The molecule has 3 aliphatic rings. The topological polar surface area (TPSA) is 52.5 Å². The first-order valence-corrected chi connectivity index (χ1v) is 14.1. The monoisotopic (exact) mass is 485 g/mol. The van der Waals surface area contributed by atoms with Gasteiger partial charge in [0.15, 0.2) is 0 Å². The lowest BCUT2D eigenvalue weighted by Crippen LogP contribution is -2.14. The van der Waals surface area contributed by atoms with E-state index in [1.807, 2.05) is 6.07 Å². The largest absolute Gasteiger partial charge is 0.356 e. The average molecular weight is 486 g/mol. The molecule has 4 unspecified atom stereocenters. The molecule has 2 heterocycles. The Kier molecular flexibility index (Phi) is 6.13. The Labute approximate surface area is 214 Å². The second-order valence-corrected chi connectivity index (χ2v) is 12.2. The summed E-state index contributed by atoms with van der Waals surface area (Å²) >= 11 is 6.74. The molecule has 2 aromatic heterocycles. The van der Waals surface area contributed by atoms with E-state index in [-0.39, 0.29) is 0 Å². The summed E-state index contributed by atoms with van der Waals surface area (Å²) in [6.45, 7) is 4.79. The highest BCUT2D eigenvalue weighted by molar-refractivity contribution is 6.33. The van der Waals surface area contributed by atoms with Crippen LogP contribution in [0.4, 0.5) is 0 Å². The maximum Gasteiger partial charge on any atom is 0.107 e. The first-order valence-electron chi connectivity index (χ1n) is 13.7. The average Bonchev–Trinajstić information content (AvgIpc) is 3.54. The van der Waals surface area contributed by atoms with Crippen molar-refractivity contribution in [1.82, 2.24) is 9.97 Å². The van der Waals surface area contributed by atoms with Gasteiger partial charge in [0.1, 0.15) is 11.6 Å². The number of halogens is 1. The number of fused-ring (bicyclic) bond motifs is 2. The number of hydrogen-bond acceptors (Lipinski definition) is 2. The zero-order valence-corrected chi connectivity index (χ0v) is 21.7. The predicted molar refractivity (Wildman–Crippen MR) is 143 cm³/mol. The molecule has 0 bridgehead atoms. The molecular weight excluding hydrogens is 450 g/mol. The standard InChI is InChI=1S/C31H36ClN3/c1-18-3-6-20(7-4-18)21-8-10-22(11-9-21)30-27(32)16-29-31(35-30)26(17-33)28(34-29)15-23-12-14-24-19(2)5-13-25(23)24/h8-11,16,18-20,23-25,34H,3-7,12-15H2,1-2H3. The Morgan fingerprint density at radius 1 is 0.971 bits per heavy atom. The molecule has 0 spiro atoms. The van der Waals surface area contributed by atoms with Gasteiger partial charge in [-0.25, -0.2) is 4.98 Å². The van der Waals surface area contributed by atoms with Crippen molar-refractivity contribution in [2.24, 2.45) is 29.6 Å². The van der Waals surface area contributed by atoms with Crippen molar-refractivity contribution in [3.05, 3.63) is 52.2 Å². The third-order valence-corrected chi connectivity index (χ3v) is 10.1. The molecule has 0 aliphatic heterocycles. The van der Waals surface area contributed by atoms with Gasteiger partial charge in [0.25, 0.3) is 0 Å². The Morgan fingerprint density at radius 3 is 2.46 bits per heavy atom. The maximum absolute atomic E-state index is 10.1. The van der Waals surface area contributed by atoms with E-state index in [2.05, 4.69) is 49.2 Å². The Hall–Kier alpha value is -2.31. The summed E-state index contributed by atoms with van der Waals surface area (Å²) in [6.07, 6.45) is 11.5. The number of nitrogens with zero attached hydrogens (tertiary/aromatic N) is 2. The number of pyridine rings is 1. The third-order valence-electron chi connectivity index (χ3n) is 9.76. The smallest absolute Gasteiger partial charge is 0.107 e. The number of nitriles is 1. The molecule has 0 saturated heterocycles. The maximum atomic E-state index is 10.1. The molecule has 0 radical (unpaired) electrons. The van der Waals surface area contributed by atoms with Crippen molar-refractivity contribution in [3.8, 4) is 17.3 Å². The van der Waals surface area contributed by atoms with E-state index in [0.717, 1.165) is 58.1 Å². The van der Waals surface area contributed by atoms with Crippen LogP contribution in [0.3, 0.4) is 0 Å². The normalized spacial score (nSPS) is 30.5. The Balaban J connectivity index is 1.28. The highest BCUT2D eigenvalue weighted by Gasteiger charge is 2.43. The van der Waals surface area contributed by atoms with Crippen LogP contribution in [0, 0.1) is 40.9 Å². The minimum atomic E-state index is 0.638. The molecule has 4 atom stereocenters. The molecule has 182 valence electrons. The second kappa shape index (κ2) is 9.29. The van der Waals surface area contributed by atoms with Crippen LogP contribution in [0.1, 0.15) is 88.0 Å². The van der Waals surface area contributed by atoms with E-state index >= 15 is 0 Å². The molecule has 3 fully saturated rings. The molecule has 4 heteroatoms. The van der Waals surface area contributed by atoms with E-state index in [1.165, 1.54) is 56.9 Å². The number of H-pyrrole nitrogens is 1. The van der Waals surface area contributed by atoms with Gasteiger partial charge in [-0.05, 0) is 85.7 Å². The van der Waals surface area contributed by atoms with E-state index in [4.69, 9.17) is 16.6 Å². The molecule has 1 aromatic carbocycles. The Morgan fingerprint density at radius 2 is 1.71 bits per heavy atom. The number of aromatic amines is 1. The SMILES string of the molecule is CC1CCC(c2ccc(-c3nc4c(C#N)c(CC5CCC6C(C)CCC56)[nH]c4cc3Cl)cc2)CC1. The van der Waals surface area contributed by atoms with Crippen molar-refractivity contribution in [2.45, 2.75) is 77.6 Å². The van der Waals surface area contributed by atoms with Gasteiger partial charge in [-0.1, -0.05) is 69.0 Å². The molecule has 3 nitrogen and oxygen atoms in total. The van der Waals surface area contributed by atoms with Crippen LogP contribution in [0.5, 0.6) is 0 Å². The quantitative estimate of drug-likeness (QED) is 0.401. The van der Waals surface area contributed by atoms with Crippen LogP contribution < -0.4 is 0 Å². The highest BCUT2D eigenvalue weighted by Crippen LogP contribution is 2.51. The lowest BCUT2D eigenvalue weighted by molar-refractivity contribution is 0.322. The number of hydrogen-bond donors (Lipinski definition) is 1. The molecule has 1 N–H and O–H groups in total. The second-order valence-electron chi connectivity index (χ2n) is 11.8. The summed E-state index contributed by atoms with van der Waals surface area (Å²) in [5.41, 5.74) is 6.63. The van der Waals surface area contributed by atoms with E-state index < -0.39 is 0 Å². The summed E-state index contributed by atoms with van der Waals surface area (Å²) < 4.78 is 0. The zero-order valence-electron chi connectivity index (χ0n) is 21.0.